The molecule has 3 nitrogen and oxygen atoms in total. The van der Waals surface area contributed by atoms with Gasteiger partial charge in [0.25, 0.3) is 0 Å². The van der Waals surface area contributed by atoms with Crippen LogP contribution >= 0.6 is 0 Å². The molecule has 2 aromatic carbocycles. The molecule has 0 aliphatic carbocycles. The first-order valence-electron chi connectivity index (χ1n) is 7.47. The number of hydrogen-bond donors (Lipinski definition) is 0. The van der Waals surface area contributed by atoms with E-state index in [9.17, 15) is 4.39 Å². The van der Waals surface area contributed by atoms with Crippen molar-refractivity contribution in [3.05, 3.63) is 65.5 Å². The molecule has 22 heavy (non-hydrogen) atoms. The molecule has 116 valence electrons. The van der Waals surface area contributed by atoms with Crippen LogP contribution < -0.4 is 4.74 Å². The van der Waals surface area contributed by atoms with E-state index in [0.717, 1.165) is 25.2 Å². The third-order valence-electron chi connectivity index (χ3n) is 3.94. The number of morpholine rings is 1. The van der Waals surface area contributed by atoms with E-state index in [0.29, 0.717) is 12.4 Å². The summed E-state index contributed by atoms with van der Waals surface area (Å²) in [7, 11) is 1.56. The standard InChI is InChI=1S/C18H20FNO2/c1-21-17-11-15(19)7-8-16(17)18-13-20(9-10-22-18)12-14-5-3-2-4-6-14/h2-8,11,18H,9-10,12-13H2,1H3/t18-/m1/s1. The Balaban J connectivity index is 1.73. The van der Waals surface area contributed by atoms with Crippen molar-refractivity contribution in [2.24, 2.45) is 0 Å². The molecule has 1 aliphatic rings. The van der Waals surface area contributed by atoms with Crippen molar-refractivity contribution >= 4 is 0 Å². The zero-order chi connectivity index (χ0) is 15.4. The first-order valence-corrected chi connectivity index (χ1v) is 7.47. The third kappa shape index (κ3) is 3.46. The summed E-state index contributed by atoms with van der Waals surface area (Å²) >= 11 is 0. The quantitative estimate of drug-likeness (QED) is 0.864. The lowest BCUT2D eigenvalue weighted by molar-refractivity contribution is -0.0338. The van der Waals surface area contributed by atoms with Crippen LogP contribution in [0.4, 0.5) is 4.39 Å². The summed E-state index contributed by atoms with van der Waals surface area (Å²) in [6, 6.07) is 15.0. The lowest BCUT2D eigenvalue weighted by Gasteiger charge is -2.33. The molecule has 0 amide bonds. The summed E-state index contributed by atoms with van der Waals surface area (Å²) in [5.41, 5.74) is 2.19. The number of halogens is 1. The van der Waals surface area contributed by atoms with E-state index in [1.165, 1.54) is 17.7 Å². The van der Waals surface area contributed by atoms with E-state index in [1.807, 2.05) is 6.07 Å². The average Bonchev–Trinajstić information content (AvgIpc) is 2.56. The SMILES string of the molecule is COc1cc(F)ccc1[C@H]1CN(Cc2ccccc2)CCO1. The number of rotatable bonds is 4. The van der Waals surface area contributed by atoms with Crippen LogP contribution in [0.2, 0.25) is 0 Å². The lowest BCUT2D eigenvalue weighted by Crippen LogP contribution is -2.37. The number of nitrogens with zero attached hydrogens (tertiary/aromatic N) is 1. The molecule has 0 spiro atoms. The zero-order valence-corrected chi connectivity index (χ0v) is 12.7. The second-order valence-electron chi connectivity index (χ2n) is 5.47. The number of benzene rings is 2. The molecule has 0 radical (unpaired) electrons. The number of hydrogen-bond acceptors (Lipinski definition) is 3. The Morgan fingerprint density at radius 1 is 1.23 bits per heavy atom. The van der Waals surface area contributed by atoms with Crippen molar-refractivity contribution in [2.45, 2.75) is 12.6 Å². The second-order valence-corrected chi connectivity index (χ2v) is 5.47. The zero-order valence-electron chi connectivity index (χ0n) is 12.7. The fourth-order valence-corrected chi connectivity index (χ4v) is 2.83. The van der Waals surface area contributed by atoms with Gasteiger partial charge in [0.05, 0.1) is 19.8 Å². The summed E-state index contributed by atoms with van der Waals surface area (Å²) in [5, 5.41) is 0. The van der Waals surface area contributed by atoms with E-state index in [-0.39, 0.29) is 11.9 Å². The molecular weight excluding hydrogens is 281 g/mol. The molecule has 0 bridgehead atoms. The van der Waals surface area contributed by atoms with Gasteiger partial charge in [-0.15, -0.1) is 0 Å². The summed E-state index contributed by atoms with van der Waals surface area (Å²) in [4.78, 5) is 2.35. The molecule has 1 saturated heterocycles. The highest BCUT2D eigenvalue weighted by molar-refractivity contribution is 5.36. The summed E-state index contributed by atoms with van der Waals surface area (Å²) in [6.45, 7) is 3.23. The minimum absolute atomic E-state index is 0.0898. The van der Waals surface area contributed by atoms with Crippen LogP contribution in [0, 0.1) is 5.82 Å². The molecule has 4 heteroatoms. The van der Waals surface area contributed by atoms with Crippen LogP contribution in [0.25, 0.3) is 0 Å². The van der Waals surface area contributed by atoms with E-state index >= 15 is 0 Å². The molecule has 1 heterocycles. The van der Waals surface area contributed by atoms with Crippen LogP contribution in [-0.2, 0) is 11.3 Å². The van der Waals surface area contributed by atoms with E-state index in [1.54, 1.807) is 13.2 Å². The Morgan fingerprint density at radius 2 is 2.05 bits per heavy atom. The highest BCUT2D eigenvalue weighted by atomic mass is 19.1. The Bertz CT molecular complexity index is 618. The van der Waals surface area contributed by atoms with Crippen LogP contribution in [0.15, 0.2) is 48.5 Å². The van der Waals surface area contributed by atoms with E-state index in [2.05, 4.69) is 29.2 Å². The second kappa shape index (κ2) is 6.90. The molecule has 1 fully saturated rings. The van der Waals surface area contributed by atoms with Crippen LogP contribution in [0.5, 0.6) is 5.75 Å². The lowest BCUT2D eigenvalue weighted by atomic mass is 10.1. The average molecular weight is 301 g/mol. The molecule has 3 rings (SSSR count). The Morgan fingerprint density at radius 3 is 2.82 bits per heavy atom. The van der Waals surface area contributed by atoms with Gasteiger partial charge in [0, 0.05) is 31.3 Å². The van der Waals surface area contributed by atoms with Gasteiger partial charge in [-0.05, 0) is 17.7 Å². The van der Waals surface area contributed by atoms with Gasteiger partial charge >= 0.3 is 0 Å². The van der Waals surface area contributed by atoms with Crippen molar-refractivity contribution in [1.29, 1.82) is 0 Å². The fraction of sp³-hybridized carbons (Fsp3) is 0.333. The predicted molar refractivity (Wildman–Crippen MR) is 83.4 cm³/mol. The van der Waals surface area contributed by atoms with Crippen LogP contribution in [-0.4, -0.2) is 31.7 Å². The minimum atomic E-state index is -0.294. The van der Waals surface area contributed by atoms with E-state index in [4.69, 9.17) is 9.47 Å². The first kappa shape index (κ1) is 15.0. The smallest absolute Gasteiger partial charge is 0.127 e. The largest absolute Gasteiger partial charge is 0.496 e. The van der Waals surface area contributed by atoms with Crippen LogP contribution in [0.1, 0.15) is 17.2 Å². The van der Waals surface area contributed by atoms with Gasteiger partial charge in [0.1, 0.15) is 11.6 Å². The van der Waals surface area contributed by atoms with E-state index < -0.39 is 0 Å². The molecule has 0 saturated carbocycles. The molecule has 0 aromatic heterocycles. The maximum atomic E-state index is 13.3. The van der Waals surface area contributed by atoms with Gasteiger partial charge in [0.2, 0.25) is 0 Å². The van der Waals surface area contributed by atoms with Crippen molar-refractivity contribution in [3.8, 4) is 5.75 Å². The van der Waals surface area contributed by atoms with Crippen molar-refractivity contribution in [2.75, 3.05) is 26.8 Å². The van der Waals surface area contributed by atoms with Gasteiger partial charge in [-0.1, -0.05) is 30.3 Å². The maximum Gasteiger partial charge on any atom is 0.127 e. The Labute approximate surface area is 130 Å². The summed E-state index contributed by atoms with van der Waals surface area (Å²) in [6.07, 6.45) is -0.0898. The molecule has 1 aliphatic heterocycles. The minimum Gasteiger partial charge on any atom is -0.496 e. The highest BCUT2D eigenvalue weighted by Gasteiger charge is 2.24. The number of ether oxygens (including phenoxy) is 2. The summed E-state index contributed by atoms with van der Waals surface area (Å²) in [5.74, 6) is 0.254. The molecule has 0 N–H and O–H groups in total. The summed E-state index contributed by atoms with van der Waals surface area (Å²) < 4.78 is 24.5. The van der Waals surface area contributed by atoms with Gasteiger partial charge in [-0.3, -0.25) is 4.90 Å². The Kier molecular flexibility index (Phi) is 4.71. The van der Waals surface area contributed by atoms with Crippen molar-refractivity contribution in [1.82, 2.24) is 4.90 Å². The predicted octanol–water partition coefficient (Wildman–Crippen LogP) is 3.41. The normalized spacial score (nSPS) is 19.1. The highest BCUT2D eigenvalue weighted by Crippen LogP contribution is 2.31. The fourth-order valence-electron chi connectivity index (χ4n) is 2.83. The van der Waals surface area contributed by atoms with Gasteiger partial charge in [0.15, 0.2) is 0 Å². The first-order chi connectivity index (χ1) is 10.8. The van der Waals surface area contributed by atoms with Gasteiger partial charge in [-0.25, -0.2) is 4.39 Å². The van der Waals surface area contributed by atoms with Gasteiger partial charge in [-0.2, -0.15) is 0 Å². The third-order valence-corrected chi connectivity index (χ3v) is 3.94. The molecule has 2 aromatic rings. The number of methoxy groups -OCH3 is 1. The molecule has 1 atom stereocenters. The molecule has 0 unspecified atom stereocenters. The van der Waals surface area contributed by atoms with Crippen molar-refractivity contribution < 1.29 is 13.9 Å². The van der Waals surface area contributed by atoms with Crippen LogP contribution in [0.3, 0.4) is 0 Å². The monoisotopic (exact) mass is 301 g/mol. The van der Waals surface area contributed by atoms with Crippen molar-refractivity contribution in [3.63, 3.8) is 0 Å². The maximum absolute atomic E-state index is 13.3. The van der Waals surface area contributed by atoms with Gasteiger partial charge < -0.3 is 9.47 Å². The Hall–Kier alpha value is -1.91. The molecular formula is C18H20FNO2. The topological polar surface area (TPSA) is 21.7 Å².